The summed E-state index contributed by atoms with van der Waals surface area (Å²) in [6, 6.07) is -0.671. The van der Waals surface area contributed by atoms with Gasteiger partial charge in [0.05, 0.1) is 13.2 Å². The first-order chi connectivity index (χ1) is 5.22. The van der Waals surface area contributed by atoms with Gasteiger partial charge in [0.2, 0.25) is 5.91 Å². The standard InChI is InChI=1S/C7H12N2O2/c8-6(7(9)10)5-2-1-3-11-4-5/h2,6H,1,3-4,8H2,(H2,9,10). The van der Waals surface area contributed by atoms with Crippen LogP contribution in [0.15, 0.2) is 11.6 Å². The SMILES string of the molecule is NC(=O)C(N)C1=CCCOC1. The van der Waals surface area contributed by atoms with E-state index in [9.17, 15) is 4.79 Å². The van der Waals surface area contributed by atoms with Crippen LogP contribution in [0, 0.1) is 0 Å². The highest BCUT2D eigenvalue weighted by Crippen LogP contribution is 2.07. The highest BCUT2D eigenvalue weighted by Gasteiger charge is 2.16. The lowest BCUT2D eigenvalue weighted by molar-refractivity contribution is -0.118. The molecule has 1 amide bonds. The van der Waals surface area contributed by atoms with Gasteiger partial charge in [0, 0.05) is 0 Å². The van der Waals surface area contributed by atoms with Crippen molar-refractivity contribution in [2.24, 2.45) is 11.5 Å². The molecule has 0 saturated heterocycles. The number of rotatable bonds is 2. The number of carbonyl (C=O) groups is 1. The smallest absolute Gasteiger partial charge is 0.238 e. The Hall–Kier alpha value is -0.870. The zero-order valence-electron chi connectivity index (χ0n) is 6.25. The van der Waals surface area contributed by atoms with Crippen LogP contribution in [0.5, 0.6) is 0 Å². The van der Waals surface area contributed by atoms with E-state index in [1.165, 1.54) is 0 Å². The fourth-order valence-electron chi connectivity index (χ4n) is 0.976. The molecule has 0 saturated carbocycles. The fourth-order valence-corrected chi connectivity index (χ4v) is 0.976. The number of hydrogen-bond acceptors (Lipinski definition) is 3. The third kappa shape index (κ3) is 2.03. The molecule has 0 spiro atoms. The van der Waals surface area contributed by atoms with Gasteiger partial charge in [-0.15, -0.1) is 0 Å². The van der Waals surface area contributed by atoms with Crippen molar-refractivity contribution in [3.63, 3.8) is 0 Å². The van der Waals surface area contributed by atoms with Crippen LogP contribution in [-0.4, -0.2) is 25.2 Å². The van der Waals surface area contributed by atoms with Crippen molar-refractivity contribution in [3.8, 4) is 0 Å². The van der Waals surface area contributed by atoms with Gasteiger partial charge in [-0.05, 0) is 12.0 Å². The Morgan fingerprint density at radius 2 is 2.45 bits per heavy atom. The van der Waals surface area contributed by atoms with Crippen LogP contribution >= 0.6 is 0 Å². The van der Waals surface area contributed by atoms with Crippen molar-refractivity contribution >= 4 is 5.91 Å². The minimum Gasteiger partial charge on any atom is -0.377 e. The molecule has 0 aromatic carbocycles. The molecule has 1 rings (SSSR count). The molecule has 1 atom stereocenters. The van der Waals surface area contributed by atoms with Crippen molar-refractivity contribution in [1.29, 1.82) is 0 Å². The molecule has 0 fully saturated rings. The van der Waals surface area contributed by atoms with Gasteiger partial charge in [0.15, 0.2) is 0 Å². The van der Waals surface area contributed by atoms with E-state index in [1.807, 2.05) is 6.08 Å². The third-order valence-electron chi connectivity index (χ3n) is 1.64. The number of amides is 1. The van der Waals surface area contributed by atoms with E-state index in [1.54, 1.807) is 0 Å². The lowest BCUT2D eigenvalue weighted by Crippen LogP contribution is -2.40. The van der Waals surface area contributed by atoms with Gasteiger partial charge < -0.3 is 16.2 Å². The number of nitrogens with two attached hydrogens (primary N) is 2. The Labute approximate surface area is 65.2 Å². The van der Waals surface area contributed by atoms with Crippen LogP contribution < -0.4 is 11.5 Å². The predicted molar refractivity (Wildman–Crippen MR) is 40.7 cm³/mol. The Bertz CT molecular complexity index is 189. The molecule has 0 aromatic heterocycles. The minimum atomic E-state index is -0.671. The maximum Gasteiger partial charge on any atom is 0.238 e. The first kappa shape index (κ1) is 8.23. The van der Waals surface area contributed by atoms with E-state index in [0.717, 1.165) is 12.0 Å². The maximum absolute atomic E-state index is 10.6. The molecule has 4 nitrogen and oxygen atoms in total. The quantitative estimate of drug-likeness (QED) is 0.511. The molecule has 62 valence electrons. The second kappa shape index (κ2) is 3.50. The van der Waals surface area contributed by atoms with Crippen molar-refractivity contribution in [2.75, 3.05) is 13.2 Å². The molecule has 1 unspecified atom stereocenters. The molecular weight excluding hydrogens is 144 g/mol. The monoisotopic (exact) mass is 156 g/mol. The third-order valence-corrected chi connectivity index (χ3v) is 1.64. The second-order valence-electron chi connectivity index (χ2n) is 2.50. The molecule has 4 heteroatoms. The van der Waals surface area contributed by atoms with Crippen molar-refractivity contribution < 1.29 is 9.53 Å². The number of ether oxygens (including phenoxy) is 1. The Morgan fingerprint density at radius 1 is 1.73 bits per heavy atom. The van der Waals surface area contributed by atoms with Gasteiger partial charge in [-0.3, -0.25) is 4.79 Å². The zero-order chi connectivity index (χ0) is 8.27. The van der Waals surface area contributed by atoms with E-state index in [4.69, 9.17) is 16.2 Å². The summed E-state index contributed by atoms with van der Waals surface area (Å²) in [6.07, 6.45) is 2.73. The summed E-state index contributed by atoms with van der Waals surface area (Å²) < 4.78 is 5.10. The zero-order valence-corrected chi connectivity index (χ0v) is 6.25. The highest BCUT2D eigenvalue weighted by molar-refractivity contribution is 5.83. The summed E-state index contributed by atoms with van der Waals surface area (Å²) in [6.45, 7) is 1.14. The van der Waals surface area contributed by atoms with Gasteiger partial charge >= 0.3 is 0 Å². The molecular formula is C7H12N2O2. The average Bonchev–Trinajstić information content (AvgIpc) is 2.05. The Kier molecular flexibility index (Phi) is 2.62. The minimum absolute atomic E-state index is 0.435. The summed E-state index contributed by atoms with van der Waals surface area (Å²) >= 11 is 0. The van der Waals surface area contributed by atoms with Gasteiger partial charge in [0.25, 0.3) is 0 Å². The molecule has 0 bridgehead atoms. The molecule has 0 aromatic rings. The van der Waals surface area contributed by atoms with Crippen LogP contribution in [0.2, 0.25) is 0 Å². The van der Waals surface area contributed by atoms with E-state index >= 15 is 0 Å². The molecule has 1 aliphatic rings. The molecule has 0 aliphatic carbocycles. The summed E-state index contributed by atoms with van der Waals surface area (Å²) in [4.78, 5) is 10.6. The molecule has 4 N–H and O–H groups in total. The molecule has 0 radical (unpaired) electrons. The van der Waals surface area contributed by atoms with Crippen LogP contribution in [-0.2, 0) is 9.53 Å². The van der Waals surface area contributed by atoms with Crippen molar-refractivity contribution in [2.45, 2.75) is 12.5 Å². The number of carbonyl (C=O) groups excluding carboxylic acids is 1. The van der Waals surface area contributed by atoms with Gasteiger partial charge in [0.1, 0.15) is 6.04 Å². The van der Waals surface area contributed by atoms with Gasteiger partial charge in [-0.25, -0.2) is 0 Å². The number of primary amides is 1. The Balaban J connectivity index is 2.58. The number of hydrogen-bond donors (Lipinski definition) is 2. The maximum atomic E-state index is 10.6. The largest absolute Gasteiger partial charge is 0.377 e. The summed E-state index contributed by atoms with van der Waals surface area (Å²) in [5.41, 5.74) is 11.3. The van der Waals surface area contributed by atoms with Crippen LogP contribution in [0.1, 0.15) is 6.42 Å². The van der Waals surface area contributed by atoms with Gasteiger partial charge in [-0.1, -0.05) is 6.08 Å². The first-order valence-corrected chi connectivity index (χ1v) is 3.53. The highest BCUT2D eigenvalue weighted by atomic mass is 16.5. The van der Waals surface area contributed by atoms with E-state index in [2.05, 4.69) is 0 Å². The average molecular weight is 156 g/mol. The van der Waals surface area contributed by atoms with E-state index < -0.39 is 11.9 Å². The van der Waals surface area contributed by atoms with Crippen LogP contribution in [0.3, 0.4) is 0 Å². The lowest BCUT2D eigenvalue weighted by Gasteiger charge is -2.16. The summed E-state index contributed by atoms with van der Waals surface area (Å²) in [5.74, 6) is -0.498. The lowest BCUT2D eigenvalue weighted by atomic mass is 10.1. The van der Waals surface area contributed by atoms with E-state index in [-0.39, 0.29) is 0 Å². The van der Waals surface area contributed by atoms with Gasteiger partial charge in [-0.2, -0.15) is 0 Å². The van der Waals surface area contributed by atoms with Crippen molar-refractivity contribution in [1.82, 2.24) is 0 Å². The summed E-state index contributed by atoms with van der Waals surface area (Å²) in [7, 11) is 0. The normalized spacial score (nSPS) is 20.6. The first-order valence-electron chi connectivity index (χ1n) is 3.53. The topological polar surface area (TPSA) is 78.3 Å². The molecule has 1 heterocycles. The van der Waals surface area contributed by atoms with Crippen LogP contribution in [0.25, 0.3) is 0 Å². The predicted octanol–water partition coefficient (Wildman–Crippen LogP) is -0.854. The molecule has 11 heavy (non-hydrogen) atoms. The van der Waals surface area contributed by atoms with E-state index in [0.29, 0.717) is 13.2 Å². The van der Waals surface area contributed by atoms with Crippen molar-refractivity contribution in [3.05, 3.63) is 11.6 Å². The van der Waals surface area contributed by atoms with Crippen LogP contribution in [0.4, 0.5) is 0 Å². The Morgan fingerprint density at radius 3 is 2.91 bits per heavy atom. The fraction of sp³-hybridized carbons (Fsp3) is 0.571. The second-order valence-corrected chi connectivity index (χ2v) is 2.50. The molecule has 1 aliphatic heterocycles. The summed E-state index contributed by atoms with van der Waals surface area (Å²) in [5, 5.41) is 0.